The summed E-state index contributed by atoms with van der Waals surface area (Å²) in [5, 5.41) is 3.63. The van der Waals surface area contributed by atoms with Gasteiger partial charge in [-0.3, -0.25) is 0 Å². The zero-order valence-corrected chi connectivity index (χ0v) is 12.6. The molecule has 1 saturated carbocycles. The van der Waals surface area contributed by atoms with Gasteiger partial charge in [0.05, 0.1) is 0 Å². The predicted molar refractivity (Wildman–Crippen MR) is 83.9 cm³/mol. The molecular formula is C17H27FN2. The summed E-state index contributed by atoms with van der Waals surface area (Å²) in [7, 11) is 0. The highest BCUT2D eigenvalue weighted by molar-refractivity contribution is 5.46. The lowest BCUT2D eigenvalue weighted by Crippen LogP contribution is -2.30. The normalized spacial score (nSPS) is 26.0. The van der Waals surface area contributed by atoms with Crippen LogP contribution in [0.5, 0.6) is 0 Å². The van der Waals surface area contributed by atoms with Crippen LogP contribution in [0.3, 0.4) is 0 Å². The molecule has 112 valence electrons. The maximum atomic E-state index is 12.6. The second-order valence-electron chi connectivity index (χ2n) is 6.24. The fraction of sp³-hybridized carbons (Fsp3) is 0.647. The Bertz CT molecular complexity index is 404. The number of hydrogen-bond donors (Lipinski definition) is 2. The van der Waals surface area contributed by atoms with Gasteiger partial charge in [0.1, 0.15) is 6.67 Å². The number of hydrogen-bond acceptors (Lipinski definition) is 2. The molecule has 4 atom stereocenters. The summed E-state index contributed by atoms with van der Waals surface area (Å²) in [6.07, 6.45) is 5.25. The molecule has 1 aliphatic carbocycles. The number of alkyl halides is 1. The molecule has 1 aliphatic rings. The number of benzene rings is 1. The van der Waals surface area contributed by atoms with Crippen molar-refractivity contribution in [2.24, 2.45) is 11.7 Å². The molecule has 2 rings (SSSR count). The third kappa shape index (κ3) is 3.72. The Balaban J connectivity index is 1.97. The highest BCUT2D eigenvalue weighted by atomic mass is 19.1. The molecule has 0 bridgehead atoms. The van der Waals surface area contributed by atoms with Crippen molar-refractivity contribution in [2.45, 2.75) is 57.5 Å². The molecule has 0 radical (unpaired) electrons. The third-order valence-electron chi connectivity index (χ3n) is 4.72. The Labute approximate surface area is 121 Å². The second-order valence-corrected chi connectivity index (χ2v) is 6.24. The van der Waals surface area contributed by atoms with Gasteiger partial charge in [-0.2, -0.15) is 0 Å². The van der Waals surface area contributed by atoms with Crippen LogP contribution >= 0.6 is 0 Å². The number of halogens is 1. The lowest BCUT2D eigenvalue weighted by Gasteiger charge is -2.30. The number of rotatable bonds is 5. The molecule has 4 unspecified atom stereocenters. The van der Waals surface area contributed by atoms with Crippen molar-refractivity contribution in [2.75, 3.05) is 12.0 Å². The summed E-state index contributed by atoms with van der Waals surface area (Å²) in [6, 6.07) is 8.50. The molecule has 3 N–H and O–H groups in total. The van der Waals surface area contributed by atoms with Crippen LogP contribution in [-0.4, -0.2) is 18.8 Å². The molecule has 0 saturated heterocycles. The highest BCUT2D eigenvalue weighted by Gasteiger charge is 2.21. The van der Waals surface area contributed by atoms with Gasteiger partial charge in [0, 0.05) is 17.8 Å². The van der Waals surface area contributed by atoms with Gasteiger partial charge >= 0.3 is 0 Å². The predicted octanol–water partition coefficient (Wildman–Crippen LogP) is 4.08. The largest absolute Gasteiger partial charge is 0.382 e. The van der Waals surface area contributed by atoms with E-state index in [1.165, 1.54) is 25.7 Å². The number of anilines is 1. The summed E-state index contributed by atoms with van der Waals surface area (Å²) in [4.78, 5) is 0. The van der Waals surface area contributed by atoms with Crippen LogP contribution in [0.2, 0.25) is 0 Å². The van der Waals surface area contributed by atoms with Gasteiger partial charge in [-0.15, -0.1) is 0 Å². The Hall–Kier alpha value is -1.09. The Kier molecular flexibility index (Phi) is 5.41. The van der Waals surface area contributed by atoms with E-state index < -0.39 is 12.7 Å². The fourth-order valence-corrected chi connectivity index (χ4v) is 3.01. The van der Waals surface area contributed by atoms with Gasteiger partial charge in [-0.1, -0.05) is 38.8 Å². The molecule has 0 spiro atoms. The SMILES string of the molecule is CC1CCCCC1Nc1ccc(C(C)C(N)CF)cc1. The van der Waals surface area contributed by atoms with Crippen molar-refractivity contribution in [1.29, 1.82) is 0 Å². The first-order chi connectivity index (χ1) is 9.61. The van der Waals surface area contributed by atoms with Crippen molar-refractivity contribution >= 4 is 5.69 Å². The van der Waals surface area contributed by atoms with E-state index in [0.29, 0.717) is 6.04 Å². The van der Waals surface area contributed by atoms with Crippen molar-refractivity contribution in [1.82, 2.24) is 0 Å². The molecule has 0 heterocycles. The molecule has 2 nitrogen and oxygen atoms in total. The zero-order chi connectivity index (χ0) is 14.5. The minimum atomic E-state index is -0.471. The van der Waals surface area contributed by atoms with Gasteiger partial charge in [-0.25, -0.2) is 4.39 Å². The Morgan fingerprint density at radius 3 is 2.50 bits per heavy atom. The molecule has 3 heteroatoms. The molecule has 0 amide bonds. The van der Waals surface area contributed by atoms with Gasteiger partial charge in [0.15, 0.2) is 0 Å². The van der Waals surface area contributed by atoms with E-state index in [1.807, 2.05) is 6.92 Å². The fourth-order valence-electron chi connectivity index (χ4n) is 3.01. The summed E-state index contributed by atoms with van der Waals surface area (Å²) in [5.41, 5.74) is 8.03. The number of nitrogens with one attached hydrogen (secondary N) is 1. The molecule has 1 fully saturated rings. The summed E-state index contributed by atoms with van der Waals surface area (Å²) in [5.74, 6) is 0.796. The van der Waals surface area contributed by atoms with Crippen LogP contribution in [0, 0.1) is 5.92 Å². The van der Waals surface area contributed by atoms with Gasteiger partial charge in [-0.05, 0) is 42.4 Å². The minimum absolute atomic E-state index is 0.0580. The smallest absolute Gasteiger partial charge is 0.105 e. The van der Waals surface area contributed by atoms with Crippen LogP contribution < -0.4 is 11.1 Å². The summed E-state index contributed by atoms with van der Waals surface area (Å²) in [6.45, 7) is 3.84. The van der Waals surface area contributed by atoms with Crippen molar-refractivity contribution in [3.63, 3.8) is 0 Å². The van der Waals surface area contributed by atoms with E-state index >= 15 is 0 Å². The maximum absolute atomic E-state index is 12.6. The molecule has 0 aromatic heterocycles. The Morgan fingerprint density at radius 1 is 1.25 bits per heavy atom. The van der Waals surface area contributed by atoms with Gasteiger partial charge in [0.25, 0.3) is 0 Å². The van der Waals surface area contributed by atoms with Crippen LogP contribution in [0.4, 0.5) is 10.1 Å². The quantitative estimate of drug-likeness (QED) is 0.851. The monoisotopic (exact) mass is 278 g/mol. The molecule has 20 heavy (non-hydrogen) atoms. The molecule has 1 aromatic rings. The van der Waals surface area contributed by atoms with E-state index in [1.54, 1.807) is 0 Å². The number of nitrogens with two attached hydrogens (primary N) is 1. The average molecular weight is 278 g/mol. The second kappa shape index (κ2) is 7.07. The topological polar surface area (TPSA) is 38.0 Å². The van der Waals surface area contributed by atoms with E-state index in [9.17, 15) is 4.39 Å². The van der Waals surface area contributed by atoms with Gasteiger partial charge in [0.2, 0.25) is 0 Å². The third-order valence-corrected chi connectivity index (χ3v) is 4.72. The van der Waals surface area contributed by atoms with E-state index in [0.717, 1.165) is 17.2 Å². The average Bonchev–Trinajstić information content (AvgIpc) is 2.49. The first-order valence-corrected chi connectivity index (χ1v) is 7.80. The standard InChI is InChI=1S/C17H27FN2/c1-12-5-3-4-6-17(12)20-15-9-7-14(8-10-15)13(2)16(19)11-18/h7-10,12-13,16-17,20H,3-6,11,19H2,1-2H3. The van der Waals surface area contributed by atoms with Crippen LogP contribution in [0.1, 0.15) is 51.0 Å². The summed E-state index contributed by atoms with van der Waals surface area (Å²) >= 11 is 0. The van der Waals surface area contributed by atoms with Crippen LogP contribution in [-0.2, 0) is 0 Å². The molecule has 1 aromatic carbocycles. The highest BCUT2D eigenvalue weighted by Crippen LogP contribution is 2.27. The molecule has 0 aliphatic heterocycles. The lowest BCUT2D eigenvalue weighted by molar-refractivity contribution is 0.349. The molecular weight excluding hydrogens is 251 g/mol. The van der Waals surface area contributed by atoms with Crippen LogP contribution in [0.25, 0.3) is 0 Å². The van der Waals surface area contributed by atoms with E-state index in [4.69, 9.17) is 5.73 Å². The van der Waals surface area contributed by atoms with E-state index in [2.05, 4.69) is 36.5 Å². The van der Waals surface area contributed by atoms with Crippen molar-refractivity contribution < 1.29 is 4.39 Å². The minimum Gasteiger partial charge on any atom is -0.382 e. The maximum Gasteiger partial charge on any atom is 0.105 e. The zero-order valence-electron chi connectivity index (χ0n) is 12.6. The lowest BCUT2D eigenvalue weighted by atomic mass is 9.86. The van der Waals surface area contributed by atoms with Crippen molar-refractivity contribution in [3.8, 4) is 0 Å². The first kappa shape index (κ1) is 15.3. The Morgan fingerprint density at radius 2 is 1.90 bits per heavy atom. The van der Waals surface area contributed by atoms with Gasteiger partial charge < -0.3 is 11.1 Å². The first-order valence-electron chi connectivity index (χ1n) is 7.80. The van der Waals surface area contributed by atoms with Crippen LogP contribution in [0.15, 0.2) is 24.3 Å². The van der Waals surface area contributed by atoms with Crippen molar-refractivity contribution in [3.05, 3.63) is 29.8 Å². The summed E-state index contributed by atoms with van der Waals surface area (Å²) < 4.78 is 12.6. The van der Waals surface area contributed by atoms with E-state index in [-0.39, 0.29) is 5.92 Å².